The van der Waals surface area contributed by atoms with E-state index in [4.69, 9.17) is 4.74 Å². The first kappa shape index (κ1) is 27.0. The maximum absolute atomic E-state index is 14.2. The summed E-state index contributed by atoms with van der Waals surface area (Å²) in [6.07, 6.45) is 4.60. The molecule has 0 N–H and O–H groups in total. The van der Waals surface area contributed by atoms with Crippen LogP contribution < -0.4 is 4.74 Å². The molecule has 8 nitrogen and oxygen atoms in total. The molecule has 1 atom stereocenters. The van der Waals surface area contributed by atoms with Gasteiger partial charge in [-0.1, -0.05) is 0 Å². The van der Waals surface area contributed by atoms with Crippen molar-refractivity contribution in [1.29, 1.82) is 0 Å². The number of nitrogens with zero attached hydrogens (tertiary/aromatic N) is 6. The molecule has 0 spiro atoms. The second kappa shape index (κ2) is 10.4. The van der Waals surface area contributed by atoms with Gasteiger partial charge in [-0.25, -0.2) is 4.98 Å². The van der Waals surface area contributed by atoms with E-state index in [9.17, 15) is 18.0 Å². The smallest absolute Gasteiger partial charge is 0.435 e. The van der Waals surface area contributed by atoms with E-state index < -0.39 is 11.9 Å². The van der Waals surface area contributed by atoms with Gasteiger partial charge in [-0.15, -0.1) is 0 Å². The molecule has 0 bridgehead atoms. The summed E-state index contributed by atoms with van der Waals surface area (Å²) in [6, 6.07) is 6.79. The molecular weight excluding hydrogens is 533 g/mol. The van der Waals surface area contributed by atoms with E-state index in [1.807, 2.05) is 23.8 Å². The van der Waals surface area contributed by atoms with Crippen LogP contribution in [0, 0.1) is 0 Å². The van der Waals surface area contributed by atoms with Gasteiger partial charge in [0.15, 0.2) is 5.69 Å². The predicted octanol–water partition coefficient (Wildman–Crippen LogP) is 5.87. The van der Waals surface area contributed by atoms with Gasteiger partial charge in [0.1, 0.15) is 11.6 Å². The van der Waals surface area contributed by atoms with E-state index in [1.165, 1.54) is 10.9 Å². The number of ether oxygens (including phenoxy) is 1. The lowest BCUT2D eigenvalue weighted by molar-refractivity contribution is -0.141. The molecule has 0 unspecified atom stereocenters. The number of carbonyl (C=O) groups is 1. The molecule has 2 aliphatic rings. The summed E-state index contributed by atoms with van der Waals surface area (Å²) in [6.45, 7) is 4.68. The number of aromatic nitrogens is 5. The summed E-state index contributed by atoms with van der Waals surface area (Å²) in [4.78, 5) is 24.7. The minimum Gasteiger partial charge on any atom is -0.497 e. The summed E-state index contributed by atoms with van der Waals surface area (Å²) >= 11 is 0. The van der Waals surface area contributed by atoms with Crippen molar-refractivity contribution in [2.75, 3.05) is 13.7 Å². The van der Waals surface area contributed by atoms with Crippen LogP contribution >= 0.6 is 0 Å². The van der Waals surface area contributed by atoms with Gasteiger partial charge in [-0.3, -0.25) is 14.5 Å². The largest absolute Gasteiger partial charge is 0.497 e. The summed E-state index contributed by atoms with van der Waals surface area (Å²) in [7, 11) is 1.57. The van der Waals surface area contributed by atoms with E-state index in [2.05, 4.69) is 15.1 Å². The van der Waals surface area contributed by atoms with Gasteiger partial charge < -0.3 is 14.2 Å². The second-order valence-corrected chi connectivity index (χ2v) is 10.6. The first-order valence-electron chi connectivity index (χ1n) is 13.8. The summed E-state index contributed by atoms with van der Waals surface area (Å²) in [5, 5.41) is 3.86. The quantitative estimate of drug-likeness (QED) is 0.267. The van der Waals surface area contributed by atoms with E-state index in [0.717, 1.165) is 24.2 Å². The number of carbonyl (C=O) groups excluding carboxylic acids is 1. The van der Waals surface area contributed by atoms with E-state index >= 15 is 0 Å². The van der Waals surface area contributed by atoms with E-state index in [0.29, 0.717) is 60.1 Å². The average Bonchev–Trinajstić information content (AvgIpc) is 3.53. The first-order valence-corrected chi connectivity index (χ1v) is 13.8. The Balaban J connectivity index is 1.46. The summed E-state index contributed by atoms with van der Waals surface area (Å²) < 4.78 is 51.2. The topological polar surface area (TPSA) is 78.1 Å². The van der Waals surface area contributed by atoms with Gasteiger partial charge in [0.25, 0.3) is 5.91 Å². The van der Waals surface area contributed by atoms with Gasteiger partial charge in [-0.2, -0.15) is 18.3 Å². The van der Waals surface area contributed by atoms with E-state index in [1.54, 1.807) is 49.5 Å². The van der Waals surface area contributed by atoms with Gasteiger partial charge in [0.2, 0.25) is 0 Å². The molecule has 0 radical (unpaired) electrons. The zero-order valence-corrected chi connectivity index (χ0v) is 23.1. The Morgan fingerprint density at radius 2 is 1.88 bits per heavy atom. The number of methoxy groups -OCH3 is 1. The van der Waals surface area contributed by atoms with Crippen molar-refractivity contribution in [3.63, 3.8) is 0 Å². The van der Waals surface area contributed by atoms with Crippen molar-refractivity contribution in [3.8, 4) is 16.9 Å². The SMILES string of the molecule is CCn1cc(-c2cc(Cn3ccnc3C3CC3)cc3c2CCN([C@@H](C)c2cc(OC)ccn2)C3=O)c(C(F)(F)F)n1. The van der Waals surface area contributed by atoms with Crippen molar-refractivity contribution in [2.45, 2.75) is 64.3 Å². The lowest BCUT2D eigenvalue weighted by Gasteiger charge is -2.34. The normalized spacial score (nSPS) is 16.1. The molecule has 1 fully saturated rings. The molecule has 3 aromatic heterocycles. The number of hydrogen-bond acceptors (Lipinski definition) is 5. The Morgan fingerprint density at radius 3 is 2.59 bits per heavy atom. The van der Waals surface area contributed by atoms with Crippen molar-refractivity contribution < 1.29 is 22.7 Å². The highest BCUT2D eigenvalue weighted by Crippen LogP contribution is 2.42. The number of rotatable bonds is 8. The van der Waals surface area contributed by atoms with Crippen LogP contribution in [0.25, 0.3) is 11.1 Å². The number of benzene rings is 1. The monoisotopic (exact) mass is 564 g/mol. The maximum atomic E-state index is 14.2. The third kappa shape index (κ3) is 5.09. The van der Waals surface area contributed by atoms with Crippen LogP contribution in [0.15, 0.2) is 49.1 Å². The molecule has 1 aromatic carbocycles. The third-order valence-corrected chi connectivity index (χ3v) is 7.97. The lowest BCUT2D eigenvalue weighted by Crippen LogP contribution is -2.40. The Labute approximate surface area is 235 Å². The average molecular weight is 565 g/mol. The van der Waals surface area contributed by atoms with Crippen molar-refractivity contribution in [1.82, 2.24) is 29.2 Å². The summed E-state index contributed by atoms with van der Waals surface area (Å²) in [5.41, 5.74) is 1.88. The van der Waals surface area contributed by atoms with Crippen LogP contribution in [0.3, 0.4) is 0 Å². The molecule has 1 saturated carbocycles. The van der Waals surface area contributed by atoms with Crippen LogP contribution in [0.4, 0.5) is 13.2 Å². The Bertz CT molecular complexity index is 1600. The number of pyridine rings is 1. The number of alkyl halides is 3. The molecule has 41 heavy (non-hydrogen) atoms. The van der Waals surface area contributed by atoms with Crippen LogP contribution in [-0.4, -0.2) is 48.8 Å². The zero-order valence-electron chi connectivity index (χ0n) is 23.1. The van der Waals surface area contributed by atoms with Crippen LogP contribution in [0.5, 0.6) is 5.75 Å². The maximum Gasteiger partial charge on any atom is 0.435 e. The fourth-order valence-electron chi connectivity index (χ4n) is 5.67. The number of hydrogen-bond donors (Lipinski definition) is 0. The fraction of sp³-hybridized carbons (Fsp3) is 0.400. The highest BCUT2D eigenvalue weighted by Gasteiger charge is 2.39. The lowest BCUT2D eigenvalue weighted by atomic mass is 9.87. The molecule has 1 aliphatic carbocycles. The highest BCUT2D eigenvalue weighted by atomic mass is 19.4. The van der Waals surface area contributed by atoms with Crippen LogP contribution in [0.2, 0.25) is 0 Å². The summed E-state index contributed by atoms with van der Waals surface area (Å²) in [5.74, 6) is 1.76. The Kier molecular flexibility index (Phi) is 6.83. The van der Waals surface area contributed by atoms with Gasteiger partial charge >= 0.3 is 6.18 Å². The van der Waals surface area contributed by atoms with Gasteiger partial charge in [0, 0.05) is 67.5 Å². The standard InChI is InChI=1S/C30H31F3N6O2/c1-4-38-17-25(27(36-38)30(31,32)33)23-13-19(16-37-12-10-35-28(37)20-5-6-20)14-24-22(23)8-11-39(29(24)40)18(2)26-15-21(41-3)7-9-34-26/h7,9-10,12-15,17-18,20H,4-6,8,11,16H2,1-3H3/t18-/m0/s1. The molecule has 0 saturated heterocycles. The van der Waals surface area contributed by atoms with Crippen molar-refractivity contribution >= 4 is 5.91 Å². The van der Waals surface area contributed by atoms with Gasteiger partial charge in [0.05, 0.1) is 18.8 Å². The number of fused-ring (bicyclic) bond motifs is 1. The molecule has 11 heteroatoms. The fourth-order valence-corrected chi connectivity index (χ4v) is 5.67. The molecule has 6 rings (SSSR count). The number of imidazole rings is 1. The molecule has 4 heterocycles. The molecule has 4 aromatic rings. The minimum atomic E-state index is -4.64. The Morgan fingerprint density at radius 1 is 1.10 bits per heavy atom. The molecule has 214 valence electrons. The number of halogens is 3. The molecular formula is C30H31F3N6O2. The van der Waals surface area contributed by atoms with Gasteiger partial charge in [-0.05, 0) is 68.0 Å². The minimum absolute atomic E-state index is 0.00532. The second-order valence-electron chi connectivity index (χ2n) is 10.6. The van der Waals surface area contributed by atoms with Crippen LogP contribution in [0.1, 0.15) is 77.3 Å². The van der Waals surface area contributed by atoms with Crippen molar-refractivity contribution in [2.24, 2.45) is 0 Å². The predicted molar refractivity (Wildman–Crippen MR) is 146 cm³/mol. The highest BCUT2D eigenvalue weighted by molar-refractivity contribution is 5.99. The number of amides is 1. The first-order chi connectivity index (χ1) is 19.7. The molecule has 1 amide bonds. The number of aryl methyl sites for hydroxylation is 1. The third-order valence-electron chi connectivity index (χ3n) is 7.97. The Hall–Kier alpha value is -4.15. The van der Waals surface area contributed by atoms with Crippen LogP contribution in [-0.2, 0) is 25.7 Å². The molecule has 1 aliphatic heterocycles. The van der Waals surface area contributed by atoms with Crippen molar-refractivity contribution in [3.05, 3.63) is 83.0 Å². The van der Waals surface area contributed by atoms with E-state index in [-0.39, 0.29) is 17.5 Å². The zero-order chi connectivity index (χ0) is 28.9.